The zero-order chi connectivity index (χ0) is 9.56. The molecule has 0 aromatic rings. The topological polar surface area (TPSA) is 49.8 Å². The molecule has 12 heavy (non-hydrogen) atoms. The van der Waals surface area contributed by atoms with Crippen LogP contribution in [0.4, 0.5) is 0 Å². The second-order valence-corrected chi connectivity index (χ2v) is 2.45. The predicted octanol–water partition coefficient (Wildman–Crippen LogP) is 0.557. The number of nitrogens with zero attached hydrogens (tertiary/aromatic N) is 1. The van der Waals surface area contributed by atoms with Gasteiger partial charge in [0.05, 0.1) is 0 Å². The van der Waals surface area contributed by atoms with E-state index >= 15 is 0 Å². The average molecular weight is 175 g/mol. The first-order valence-corrected chi connectivity index (χ1v) is 4.30. The summed E-state index contributed by atoms with van der Waals surface area (Å²) in [5.74, 6) is -0.568. The van der Waals surface area contributed by atoms with E-state index in [1.54, 1.807) is 6.92 Å². The molecule has 0 amide bonds. The zero-order valence-corrected chi connectivity index (χ0v) is 7.91. The van der Waals surface area contributed by atoms with Gasteiger partial charge in [0.15, 0.2) is 6.10 Å². The van der Waals surface area contributed by atoms with E-state index in [0.29, 0.717) is 19.5 Å². The van der Waals surface area contributed by atoms with Crippen LogP contribution in [0.25, 0.3) is 0 Å². The Bertz CT molecular complexity index is 134. The van der Waals surface area contributed by atoms with Gasteiger partial charge >= 0.3 is 5.97 Å². The summed E-state index contributed by atoms with van der Waals surface area (Å²) in [6, 6.07) is 0. The third kappa shape index (κ3) is 3.69. The third-order valence-electron chi connectivity index (χ3n) is 1.58. The van der Waals surface area contributed by atoms with Crippen molar-refractivity contribution in [3.05, 3.63) is 0 Å². The molecular weight excluding hydrogens is 158 g/mol. The maximum atomic E-state index is 11.0. The van der Waals surface area contributed by atoms with Crippen molar-refractivity contribution < 1.29 is 14.7 Å². The van der Waals surface area contributed by atoms with Crippen LogP contribution < -0.4 is 0 Å². The van der Waals surface area contributed by atoms with E-state index in [1.165, 1.54) is 5.06 Å². The van der Waals surface area contributed by atoms with Crippen LogP contribution in [0.2, 0.25) is 0 Å². The highest BCUT2D eigenvalue weighted by molar-refractivity contribution is 5.73. The Morgan fingerprint density at radius 3 is 2.25 bits per heavy atom. The van der Waals surface area contributed by atoms with Crippen LogP contribution in [0.3, 0.4) is 0 Å². The van der Waals surface area contributed by atoms with Gasteiger partial charge in [-0.3, -0.25) is 0 Å². The Kier molecular flexibility index (Phi) is 5.66. The summed E-state index contributed by atoms with van der Waals surface area (Å²) < 4.78 is 0. The van der Waals surface area contributed by atoms with Gasteiger partial charge in [0.2, 0.25) is 0 Å². The van der Waals surface area contributed by atoms with Crippen LogP contribution in [0, 0.1) is 0 Å². The highest BCUT2D eigenvalue weighted by Gasteiger charge is 2.16. The maximum Gasteiger partial charge on any atom is 0.353 e. The van der Waals surface area contributed by atoms with E-state index in [-0.39, 0.29) is 0 Å². The van der Waals surface area contributed by atoms with Crippen molar-refractivity contribution in [1.82, 2.24) is 5.06 Å². The Balaban J connectivity index is 3.81. The van der Waals surface area contributed by atoms with Crippen molar-refractivity contribution in [3.63, 3.8) is 0 Å². The van der Waals surface area contributed by atoms with E-state index in [4.69, 9.17) is 9.94 Å². The van der Waals surface area contributed by atoms with Gasteiger partial charge in [-0.25, -0.2) is 4.79 Å². The van der Waals surface area contributed by atoms with Crippen LogP contribution in [0.5, 0.6) is 0 Å². The summed E-state index contributed by atoms with van der Waals surface area (Å²) in [6.07, 6.45) is -0.606. The van der Waals surface area contributed by atoms with Crippen LogP contribution >= 0.6 is 0 Å². The molecule has 0 aromatic carbocycles. The molecule has 72 valence electrons. The van der Waals surface area contributed by atoms with Gasteiger partial charge in [0.1, 0.15) is 0 Å². The molecule has 0 aliphatic heterocycles. The molecule has 0 spiro atoms. The molecule has 0 saturated heterocycles. The van der Waals surface area contributed by atoms with Gasteiger partial charge in [-0.05, 0) is 20.3 Å². The minimum Gasteiger partial charge on any atom is -0.381 e. The van der Waals surface area contributed by atoms with Crippen LogP contribution in [-0.2, 0) is 9.63 Å². The number of hydroxylamine groups is 2. The molecule has 4 heteroatoms. The van der Waals surface area contributed by atoms with Crippen LogP contribution in [-0.4, -0.2) is 35.3 Å². The van der Waals surface area contributed by atoms with Crippen molar-refractivity contribution in [2.45, 2.75) is 33.3 Å². The maximum absolute atomic E-state index is 11.0. The number of carbonyl (C=O) groups excluding carboxylic acids is 1. The van der Waals surface area contributed by atoms with E-state index in [9.17, 15) is 4.79 Å². The van der Waals surface area contributed by atoms with Gasteiger partial charge in [-0.1, -0.05) is 6.92 Å². The number of hydrogen-bond donors (Lipinski definition) is 1. The van der Waals surface area contributed by atoms with Crippen molar-refractivity contribution >= 4 is 5.97 Å². The SMILES string of the molecule is CCC(O)C(=O)ON(CC)CC. The summed E-state index contributed by atoms with van der Waals surface area (Å²) in [4.78, 5) is 15.8. The van der Waals surface area contributed by atoms with Gasteiger partial charge in [-0.2, -0.15) is 0 Å². The number of aliphatic hydroxyl groups is 1. The highest BCUT2D eigenvalue weighted by Crippen LogP contribution is 1.97. The fraction of sp³-hybridized carbons (Fsp3) is 0.875. The molecule has 4 nitrogen and oxygen atoms in total. The quantitative estimate of drug-likeness (QED) is 0.620. The van der Waals surface area contributed by atoms with Crippen molar-refractivity contribution in [3.8, 4) is 0 Å². The lowest BCUT2D eigenvalue weighted by atomic mass is 10.3. The average Bonchev–Trinajstić information content (AvgIpc) is 2.12. The summed E-state index contributed by atoms with van der Waals surface area (Å²) in [5, 5.41) is 10.6. The molecule has 0 aliphatic rings. The molecule has 0 aliphatic carbocycles. The fourth-order valence-electron chi connectivity index (χ4n) is 0.707. The highest BCUT2D eigenvalue weighted by atomic mass is 16.7. The third-order valence-corrected chi connectivity index (χ3v) is 1.58. The van der Waals surface area contributed by atoms with Crippen LogP contribution in [0.15, 0.2) is 0 Å². The smallest absolute Gasteiger partial charge is 0.353 e. The first kappa shape index (κ1) is 11.4. The normalized spacial score (nSPS) is 13.1. The summed E-state index contributed by atoms with van der Waals surface area (Å²) >= 11 is 0. The largest absolute Gasteiger partial charge is 0.381 e. The lowest BCUT2D eigenvalue weighted by molar-refractivity contribution is -0.198. The Labute approximate surface area is 73.1 Å². The molecular formula is C8H17NO3. The standard InChI is InChI=1S/C8H17NO3/c1-4-7(10)8(11)12-9(5-2)6-3/h7,10H,4-6H2,1-3H3. The van der Waals surface area contributed by atoms with E-state index in [0.717, 1.165) is 0 Å². The van der Waals surface area contributed by atoms with Crippen molar-refractivity contribution in [2.75, 3.05) is 13.1 Å². The molecule has 0 aromatic heterocycles. The molecule has 0 saturated carbocycles. The minimum absolute atomic E-state index is 0.389. The Hall–Kier alpha value is -0.610. The lowest BCUT2D eigenvalue weighted by Crippen LogP contribution is -2.32. The number of aliphatic hydroxyl groups excluding tert-OH is 1. The molecule has 0 radical (unpaired) electrons. The minimum atomic E-state index is -0.995. The van der Waals surface area contributed by atoms with Crippen LogP contribution in [0.1, 0.15) is 27.2 Å². The first-order valence-electron chi connectivity index (χ1n) is 4.30. The van der Waals surface area contributed by atoms with E-state index in [1.807, 2.05) is 13.8 Å². The molecule has 1 N–H and O–H groups in total. The zero-order valence-electron chi connectivity index (χ0n) is 7.91. The number of carbonyl (C=O) groups is 1. The van der Waals surface area contributed by atoms with E-state index < -0.39 is 12.1 Å². The van der Waals surface area contributed by atoms with E-state index in [2.05, 4.69) is 0 Å². The molecule has 0 heterocycles. The summed E-state index contributed by atoms with van der Waals surface area (Å²) in [7, 11) is 0. The van der Waals surface area contributed by atoms with Gasteiger partial charge in [0, 0.05) is 13.1 Å². The fourth-order valence-corrected chi connectivity index (χ4v) is 0.707. The predicted molar refractivity (Wildman–Crippen MR) is 45.3 cm³/mol. The first-order chi connectivity index (χ1) is 5.65. The molecule has 0 bridgehead atoms. The Morgan fingerprint density at radius 2 is 1.92 bits per heavy atom. The molecule has 1 unspecified atom stereocenters. The second-order valence-electron chi connectivity index (χ2n) is 2.45. The molecule has 0 rings (SSSR count). The van der Waals surface area contributed by atoms with Gasteiger partial charge in [0.25, 0.3) is 0 Å². The summed E-state index contributed by atoms with van der Waals surface area (Å²) in [5.41, 5.74) is 0. The molecule has 0 fully saturated rings. The van der Waals surface area contributed by atoms with Crippen molar-refractivity contribution in [2.24, 2.45) is 0 Å². The monoisotopic (exact) mass is 175 g/mol. The lowest BCUT2D eigenvalue weighted by Gasteiger charge is -2.18. The second kappa shape index (κ2) is 5.97. The number of hydrogen-bond acceptors (Lipinski definition) is 4. The van der Waals surface area contributed by atoms with Crippen molar-refractivity contribution in [1.29, 1.82) is 0 Å². The summed E-state index contributed by atoms with van der Waals surface area (Å²) in [6.45, 7) is 6.77. The Morgan fingerprint density at radius 1 is 1.42 bits per heavy atom. The van der Waals surface area contributed by atoms with Gasteiger partial charge in [-0.15, -0.1) is 5.06 Å². The molecule has 1 atom stereocenters. The van der Waals surface area contributed by atoms with Gasteiger partial charge < -0.3 is 9.94 Å². The number of rotatable bonds is 5.